The van der Waals surface area contributed by atoms with E-state index in [-0.39, 0.29) is 16.8 Å². The fourth-order valence-corrected chi connectivity index (χ4v) is 2.78. The molecule has 0 N–H and O–H groups in total. The first-order valence-corrected chi connectivity index (χ1v) is 8.05. The largest absolute Gasteiger partial charge is 0.497 e. The molecule has 0 spiro atoms. The molecule has 0 radical (unpaired) electrons. The van der Waals surface area contributed by atoms with Gasteiger partial charge in [-0.3, -0.25) is 9.69 Å². The van der Waals surface area contributed by atoms with E-state index in [1.54, 1.807) is 32.4 Å². The molecule has 0 saturated carbocycles. The molecule has 2 heterocycles. The third kappa shape index (κ3) is 3.23. The Labute approximate surface area is 150 Å². The van der Waals surface area contributed by atoms with Crippen molar-refractivity contribution < 1.29 is 23.4 Å². The van der Waals surface area contributed by atoms with Crippen LogP contribution in [-0.2, 0) is 9.53 Å². The summed E-state index contributed by atoms with van der Waals surface area (Å²) >= 11 is 5.03. The molecule has 1 aliphatic rings. The number of nitrogens with zero attached hydrogens (tertiary/aromatic N) is 1. The number of likely N-dealkylation sites (N-methyl/N-ethyl adjacent to an activating group) is 1. The van der Waals surface area contributed by atoms with Gasteiger partial charge in [0.05, 0.1) is 19.8 Å². The Morgan fingerprint density at radius 1 is 1.20 bits per heavy atom. The number of methoxy groups -OCH3 is 2. The molecule has 0 unspecified atom stereocenters. The number of rotatable bonds is 5. The second kappa shape index (κ2) is 6.98. The van der Waals surface area contributed by atoms with Crippen LogP contribution in [0.4, 0.5) is 0 Å². The van der Waals surface area contributed by atoms with Crippen LogP contribution in [0.3, 0.4) is 0 Å². The minimum atomic E-state index is -0.271. The van der Waals surface area contributed by atoms with E-state index in [0.717, 1.165) is 5.56 Å². The number of hydrogen-bond donors (Lipinski definition) is 0. The van der Waals surface area contributed by atoms with E-state index in [1.165, 1.54) is 11.0 Å². The fraction of sp³-hybridized carbons (Fsp3) is 0.222. The first-order valence-electron chi connectivity index (χ1n) is 7.65. The monoisotopic (exact) mass is 359 g/mol. The lowest BCUT2D eigenvalue weighted by atomic mass is 10.1. The van der Waals surface area contributed by atoms with Crippen molar-refractivity contribution in [3.05, 3.63) is 41.9 Å². The van der Waals surface area contributed by atoms with Gasteiger partial charge in [0.2, 0.25) is 0 Å². The van der Waals surface area contributed by atoms with Crippen LogP contribution < -0.4 is 9.47 Å². The molecule has 0 bridgehead atoms. The summed E-state index contributed by atoms with van der Waals surface area (Å²) in [4.78, 5) is 13.6. The topological polar surface area (TPSA) is 61.1 Å². The molecular formula is C18H17NO5S. The molecule has 1 aliphatic heterocycles. The first-order chi connectivity index (χ1) is 12.1. The van der Waals surface area contributed by atoms with E-state index >= 15 is 0 Å². The van der Waals surface area contributed by atoms with Crippen molar-refractivity contribution in [2.45, 2.75) is 6.92 Å². The molecular weight excluding hydrogens is 342 g/mol. The second-order valence-electron chi connectivity index (χ2n) is 5.19. The van der Waals surface area contributed by atoms with Gasteiger partial charge in [-0.2, -0.15) is 0 Å². The fourth-order valence-electron chi connectivity index (χ4n) is 2.48. The number of carbonyl (C=O) groups excluding carboxylic acids is 1. The summed E-state index contributed by atoms with van der Waals surface area (Å²) in [7, 11) is 3.17. The minimum absolute atomic E-state index is 0.148. The number of furan rings is 1. The highest BCUT2D eigenvalue weighted by atomic mass is 32.1. The summed E-state index contributed by atoms with van der Waals surface area (Å²) < 4.78 is 21.7. The maximum atomic E-state index is 12.2. The lowest BCUT2D eigenvalue weighted by Gasteiger charge is -2.08. The van der Waals surface area contributed by atoms with Gasteiger partial charge in [-0.15, -0.1) is 0 Å². The summed E-state index contributed by atoms with van der Waals surface area (Å²) in [6.45, 7) is 2.29. The van der Waals surface area contributed by atoms with Gasteiger partial charge in [0.1, 0.15) is 23.0 Å². The van der Waals surface area contributed by atoms with Crippen LogP contribution in [0.5, 0.6) is 11.5 Å². The van der Waals surface area contributed by atoms with Gasteiger partial charge in [-0.05, 0) is 43.4 Å². The highest BCUT2D eigenvalue weighted by molar-refractivity contribution is 7.80. The average Bonchev–Trinajstić information content (AvgIpc) is 3.19. The van der Waals surface area contributed by atoms with Gasteiger partial charge in [0.15, 0.2) is 5.76 Å². The molecule has 1 aromatic carbocycles. The van der Waals surface area contributed by atoms with Gasteiger partial charge < -0.3 is 18.6 Å². The number of carbonyl (C=O) groups is 1. The van der Waals surface area contributed by atoms with Gasteiger partial charge in [0.25, 0.3) is 11.1 Å². The standard InChI is InChI=1S/C18H17NO5S/c1-4-19-17(20)16(24-18(19)25)10-12-6-8-14(23-12)13-7-5-11(21-2)9-15(13)22-3/h5-10H,4H2,1-3H3. The van der Waals surface area contributed by atoms with Crippen LogP contribution >= 0.6 is 12.2 Å². The van der Waals surface area contributed by atoms with E-state index < -0.39 is 0 Å². The van der Waals surface area contributed by atoms with Crippen molar-refractivity contribution in [1.82, 2.24) is 4.90 Å². The predicted octanol–water partition coefficient (Wildman–Crippen LogP) is 3.47. The Morgan fingerprint density at radius 2 is 2.00 bits per heavy atom. The van der Waals surface area contributed by atoms with E-state index in [1.807, 2.05) is 19.1 Å². The van der Waals surface area contributed by atoms with Crippen LogP contribution in [-0.4, -0.2) is 36.7 Å². The predicted molar refractivity (Wildman–Crippen MR) is 96.3 cm³/mol. The minimum Gasteiger partial charge on any atom is -0.497 e. The van der Waals surface area contributed by atoms with Gasteiger partial charge >= 0.3 is 0 Å². The molecule has 1 amide bonds. The average molecular weight is 359 g/mol. The molecule has 1 fully saturated rings. The van der Waals surface area contributed by atoms with Gasteiger partial charge in [-0.1, -0.05) is 0 Å². The molecule has 130 valence electrons. The van der Waals surface area contributed by atoms with Crippen LogP contribution in [0, 0.1) is 0 Å². The first kappa shape index (κ1) is 17.0. The number of ether oxygens (including phenoxy) is 3. The Balaban J connectivity index is 1.90. The summed E-state index contributed by atoms with van der Waals surface area (Å²) in [6, 6.07) is 8.99. The molecule has 25 heavy (non-hydrogen) atoms. The number of benzene rings is 1. The van der Waals surface area contributed by atoms with E-state index in [4.69, 9.17) is 30.8 Å². The maximum Gasteiger partial charge on any atom is 0.297 e. The van der Waals surface area contributed by atoms with E-state index in [9.17, 15) is 4.79 Å². The summed E-state index contributed by atoms with van der Waals surface area (Å²) in [5.74, 6) is 2.28. The Bertz CT molecular complexity index is 855. The zero-order valence-electron chi connectivity index (χ0n) is 14.1. The second-order valence-corrected chi connectivity index (χ2v) is 5.54. The Hall–Kier alpha value is -2.80. The molecule has 6 nitrogen and oxygen atoms in total. The van der Waals surface area contributed by atoms with Crippen molar-refractivity contribution in [2.24, 2.45) is 0 Å². The third-order valence-electron chi connectivity index (χ3n) is 3.76. The smallest absolute Gasteiger partial charge is 0.297 e. The quantitative estimate of drug-likeness (QED) is 0.602. The molecule has 0 atom stereocenters. The summed E-state index contributed by atoms with van der Waals surface area (Å²) in [6.07, 6.45) is 1.53. The lowest BCUT2D eigenvalue weighted by molar-refractivity contribution is -0.122. The zero-order valence-corrected chi connectivity index (χ0v) is 14.9. The normalized spacial score (nSPS) is 15.6. The van der Waals surface area contributed by atoms with Gasteiger partial charge in [-0.25, -0.2) is 0 Å². The maximum absolute atomic E-state index is 12.2. The molecule has 1 saturated heterocycles. The van der Waals surface area contributed by atoms with Crippen LogP contribution in [0.15, 0.2) is 40.5 Å². The molecule has 3 rings (SSSR count). The Morgan fingerprint density at radius 3 is 2.64 bits per heavy atom. The number of thiocarbonyl (C=S) groups is 1. The molecule has 1 aromatic heterocycles. The zero-order chi connectivity index (χ0) is 18.0. The van der Waals surface area contributed by atoms with Crippen molar-refractivity contribution in [2.75, 3.05) is 20.8 Å². The van der Waals surface area contributed by atoms with Crippen LogP contribution in [0.1, 0.15) is 12.7 Å². The molecule has 0 aliphatic carbocycles. The highest BCUT2D eigenvalue weighted by Crippen LogP contribution is 2.34. The SMILES string of the molecule is CCN1C(=O)C(=Cc2ccc(-c3ccc(OC)cc3OC)o2)OC1=S. The summed E-state index contributed by atoms with van der Waals surface area (Å²) in [5.41, 5.74) is 0.775. The third-order valence-corrected chi connectivity index (χ3v) is 4.07. The van der Waals surface area contributed by atoms with Crippen LogP contribution in [0.2, 0.25) is 0 Å². The van der Waals surface area contributed by atoms with Crippen molar-refractivity contribution in [3.63, 3.8) is 0 Å². The van der Waals surface area contributed by atoms with Crippen molar-refractivity contribution >= 4 is 29.4 Å². The molecule has 2 aromatic rings. The number of hydrogen-bond acceptors (Lipinski definition) is 6. The van der Waals surface area contributed by atoms with Crippen molar-refractivity contribution in [3.8, 4) is 22.8 Å². The summed E-state index contributed by atoms with van der Waals surface area (Å²) in [5, 5.41) is 0.155. The van der Waals surface area contributed by atoms with Gasteiger partial charge in [0, 0.05) is 18.7 Å². The van der Waals surface area contributed by atoms with Crippen LogP contribution in [0.25, 0.3) is 17.4 Å². The van der Waals surface area contributed by atoms with E-state index in [0.29, 0.717) is 29.6 Å². The lowest BCUT2D eigenvalue weighted by Crippen LogP contribution is -2.27. The van der Waals surface area contributed by atoms with E-state index in [2.05, 4.69) is 0 Å². The van der Waals surface area contributed by atoms with Crippen molar-refractivity contribution in [1.29, 1.82) is 0 Å². The Kier molecular flexibility index (Phi) is 4.76. The molecule has 7 heteroatoms. The number of amides is 1. The highest BCUT2D eigenvalue weighted by Gasteiger charge is 2.32.